The maximum atomic E-state index is 3.57. The van der Waals surface area contributed by atoms with Crippen LogP contribution in [0.25, 0.3) is 0 Å². The summed E-state index contributed by atoms with van der Waals surface area (Å²) in [5.74, 6) is 0.704. The molecule has 0 aliphatic heterocycles. The van der Waals surface area contributed by atoms with E-state index >= 15 is 0 Å². The van der Waals surface area contributed by atoms with Crippen molar-refractivity contribution in [2.24, 2.45) is 5.92 Å². The topological polar surface area (TPSA) is 12.0 Å². The van der Waals surface area contributed by atoms with Crippen LogP contribution in [0.5, 0.6) is 0 Å². The fourth-order valence-electron chi connectivity index (χ4n) is 2.12. The lowest BCUT2D eigenvalue weighted by Crippen LogP contribution is -2.01. The normalized spacial score (nSPS) is 10.8. The molecule has 0 saturated heterocycles. The number of rotatable bonds is 5. The molecule has 0 spiro atoms. The Morgan fingerprint density at radius 2 is 1.45 bits per heavy atom. The van der Waals surface area contributed by atoms with Gasteiger partial charge in [-0.15, -0.1) is 0 Å². The van der Waals surface area contributed by atoms with Gasteiger partial charge < -0.3 is 5.32 Å². The van der Waals surface area contributed by atoms with Crippen LogP contribution in [0, 0.1) is 5.92 Å². The first-order chi connectivity index (χ1) is 9.56. The van der Waals surface area contributed by atoms with Crippen molar-refractivity contribution in [1.29, 1.82) is 0 Å². The highest BCUT2D eigenvalue weighted by atomic mass is 79.9. The van der Waals surface area contributed by atoms with Gasteiger partial charge in [0.15, 0.2) is 0 Å². The van der Waals surface area contributed by atoms with Crippen LogP contribution < -0.4 is 5.32 Å². The Morgan fingerprint density at radius 1 is 0.900 bits per heavy atom. The largest absolute Gasteiger partial charge is 0.379 e. The summed E-state index contributed by atoms with van der Waals surface area (Å²) in [5.41, 5.74) is 3.80. The van der Waals surface area contributed by atoms with Crippen molar-refractivity contribution in [1.82, 2.24) is 0 Å². The van der Waals surface area contributed by atoms with Gasteiger partial charge >= 0.3 is 0 Å². The van der Waals surface area contributed by atoms with Crippen LogP contribution in [0.3, 0.4) is 0 Å². The molecule has 2 aromatic carbocycles. The summed E-state index contributed by atoms with van der Waals surface area (Å²) in [6, 6.07) is 15.0. The van der Waals surface area contributed by atoms with Gasteiger partial charge in [-0.25, -0.2) is 0 Å². The van der Waals surface area contributed by atoms with E-state index in [1.807, 2.05) is 18.2 Å². The van der Waals surface area contributed by atoms with Crippen molar-refractivity contribution >= 4 is 37.5 Å². The number of benzene rings is 2. The van der Waals surface area contributed by atoms with E-state index in [1.165, 1.54) is 11.1 Å². The maximum Gasteiger partial charge on any atom is 0.0631 e. The summed E-state index contributed by atoms with van der Waals surface area (Å²) in [6.07, 6.45) is 1.14. The van der Waals surface area contributed by atoms with Crippen molar-refractivity contribution in [3.05, 3.63) is 62.5 Å². The Balaban J connectivity index is 2.00. The summed E-state index contributed by atoms with van der Waals surface area (Å²) in [5, 5.41) is 3.46. The number of halogens is 2. The standard InChI is InChI=1S/C17H19Br2N/c1-12(2)10-13-6-8-14(9-7-13)11-20-17-15(18)4-3-5-16(17)19/h3-9,12,20H,10-11H2,1-2H3. The molecule has 0 unspecified atom stereocenters. The Kier molecular flexibility index (Phi) is 5.67. The molecule has 0 amide bonds. The molecule has 0 aromatic heterocycles. The zero-order valence-corrected chi connectivity index (χ0v) is 15.0. The van der Waals surface area contributed by atoms with Crippen molar-refractivity contribution in [2.75, 3.05) is 5.32 Å². The van der Waals surface area contributed by atoms with Crippen LogP contribution >= 0.6 is 31.9 Å². The van der Waals surface area contributed by atoms with E-state index in [0.29, 0.717) is 5.92 Å². The summed E-state index contributed by atoms with van der Waals surface area (Å²) in [6.45, 7) is 5.32. The predicted molar refractivity (Wildman–Crippen MR) is 94.2 cm³/mol. The van der Waals surface area contributed by atoms with Gasteiger partial charge in [-0.05, 0) is 67.5 Å². The highest BCUT2D eigenvalue weighted by molar-refractivity contribution is 9.11. The van der Waals surface area contributed by atoms with Gasteiger partial charge in [0.25, 0.3) is 0 Å². The number of anilines is 1. The van der Waals surface area contributed by atoms with Crippen LogP contribution in [0.2, 0.25) is 0 Å². The molecule has 0 saturated carbocycles. The molecular formula is C17H19Br2N. The van der Waals surface area contributed by atoms with Crippen LogP contribution in [0.1, 0.15) is 25.0 Å². The molecule has 1 N–H and O–H groups in total. The molecule has 0 fully saturated rings. The minimum absolute atomic E-state index is 0.704. The Hall–Kier alpha value is -0.800. The van der Waals surface area contributed by atoms with Gasteiger partial charge in [0.1, 0.15) is 0 Å². The van der Waals surface area contributed by atoms with Crippen LogP contribution in [0.4, 0.5) is 5.69 Å². The fourth-order valence-corrected chi connectivity index (χ4v) is 3.40. The van der Waals surface area contributed by atoms with Gasteiger partial charge in [-0.3, -0.25) is 0 Å². The molecule has 20 heavy (non-hydrogen) atoms. The van der Waals surface area contributed by atoms with Crippen molar-refractivity contribution in [2.45, 2.75) is 26.8 Å². The zero-order valence-electron chi connectivity index (χ0n) is 11.8. The summed E-state index contributed by atoms with van der Waals surface area (Å²) in [4.78, 5) is 0. The molecule has 2 rings (SSSR count). The second kappa shape index (κ2) is 7.28. The van der Waals surface area contributed by atoms with E-state index in [2.05, 4.69) is 75.3 Å². The minimum atomic E-state index is 0.704. The molecule has 0 aliphatic rings. The smallest absolute Gasteiger partial charge is 0.0631 e. The highest BCUT2D eigenvalue weighted by Gasteiger charge is 2.04. The molecule has 0 atom stereocenters. The molecular weight excluding hydrogens is 378 g/mol. The van der Waals surface area contributed by atoms with Gasteiger partial charge in [0, 0.05) is 15.5 Å². The lowest BCUT2D eigenvalue weighted by atomic mass is 10.0. The Morgan fingerprint density at radius 3 is 2.00 bits per heavy atom. The third-order valence-electron chi connectivity index (χ3n) is 3.10. The molecule has 3 heteroatoms. The molecule has 0 bridgehead atoms. The first-order valence-corrected chi connectivity index (χ1v) is 8.40. The quantitative estimate of drug-likeness (QED) is 0.651. The third-order valence-corrected chi connectivity index (χ3v) is 4.42. The van der Waals surface area contributed by atoms with E-state index in [-0.39, 0.29) is 0 Å². The molecule has 2 aromatic rings. The van der Waals surface area contributed by atoms with Gasteiger partial charge in [-0.2, -0.15) is 0 Å². The minimum Gasteiger partial charge on any atom is -0.379 e. The SMILES string of the molecule is CC(C)Cc1ccc(CNc2c(Br)cccc2Br)cc1. The predicted octanol–water partition coefficient (Wildman–Crippen LogP) is 6.02. The highest BCUT2D eigenvalue weighted by Crippen LogP contribution is 2.30. The fraction of sp³-hybridized carbons (Fsp3) is 0.294. The first-order valence-electron chi connectivity index (χ1n) is 6.82. The number of hydrogen-bond acceptors (Lipinski definition) is 1. The van der Waals surface area contributed by atoms with E-state index < -0.39 is 0 Å². The van der Waals surface area contributed by atoms with Crippen LogP contribution in [-0.4, -0.2) is 0 Å². The monoisotopic (exact) mass is 395 g/mol. The molecule has 0 aliphatic carbocycles. The summed E-state index contributed by atoms with van der Waals surface area (Å²) in [7, 11) is 0. The van der Waals surface area contributed by atoms with E-state index in [9.17, 15) is 0 Å². The lowest BCUT2D eigenvalue weighted by molar-refractivity contribution is 0.647. The second-order valence-corrected chi connectivity index (χ2v) is 7.07. The third kappa shape index (κ3) is 4.35. The van der Waals surface area contributed by atoms with Crippen molar-refractivity contribution in [3.63, 3.8) is 0 Å². The molecule has 1 nitrogen and oxygen atoms in total. The average Bonchev–Trinajstić information content (AvgIpc) is 2.39. The number of nitrogens with one attached hydrogen (secondary N) is 1. The zero-order chi connectivity index (χ0) is 14.5. The Labute approximate surface area is 138 Å². The van der Waals surface area contributed by atoms with Gasteiger partial charge in [0.2, 0.25) is 0 Å². The van der Waals surface area contributed by atoms with Crippen LogP contribution in [0.15, 0.2) is 51.4 Å². The first kappa shape index (κ1) is 15.6. The van der Waals surface area contributed by atoms with Crippen molar-refractivity contribution in [3.8, 4) is 0 Å². The number of hydrogen-bond donors (Lipinski definition) is 1. The van der Waals surface area contributed by atoms with E-state index in [1.54, 1.807) is 0 Å². The van der Waals surface area contributed by atoms with E-state index in [0.717, 1.165) is 27.6 Å². The lowest BCUT2D eigenvalue weighted by Gasteiger charge is -2.11. The number of para-hydroxylation sites is 1. The van der Waals surface area contributed by atoms with Crippen molar-refractivity contribution < 1.29 is 0 Å². The van der Waals surface area contributed by atoms with E-state index in [4.69, 9.17) is 0 Å². The molecule has 106 valence electrons. The second-order valence-electron chi connectivity index (χ2n) is 5.36. The summed E-state index contributed by atoms with van der Waals surface area (Å²) < 4.78 is 2.15. The molecule has 0 radical (unpaired) electrons. The average molecular weight is 397 g/mol. The van der Waals surface area contributed by atoms with Crippen LogP contribution in [-0.2, 0) is 13.0 Å². The summed E-state index contributed by atoms with van der Waals surface area (Å²) >= 11 is 7.13. The maximum absolute atomic E-state index is 3.57. The molecule has 0 heterocycles. The van der Waals surface area contributed by atoms with Gasteiger partial charge in [0.05, 0.1) is 5.69 Å². The Bertz CT molecular complexity index is 541. The van der Waals surface area contributed by atoms with Gasteiger partial charge in [-0.1, -0.05) is 44.2 Å².